The number of carbonyl (C=O) groups is 3. The van der Waals surface area contributed by atoms with E-state index in [1.165, 1.54) is 16.7 Å². The molecule has 0 aliphatic carbocycles. The molecule has 2 amide bonds. The highest BCUT2D eigenvalue weighted by molar-refractivity contribution is 8.26. The number of nitrogens with one attached hydrogen (secondary N) is 1. The van der Waals surface area contributed by atoms with Crippen molar-refractivity contribution in [1.82, 2.24) is 10.2 Å². The van der Waals surface area contributed by atoms with E-state index in [0.717, 1.165) is 11.1 Å². The van der Waals surface area contributed by atoms with Crippen LogP contribution in [0.5, 0.6) is 0 Å². The molecule has 2 rings (SSSR count). The van der Waals surface area contributed by atoms with E-state index < -0.39 is 17.9 Å². The molecule has 2 N–H and O–H groups in total. The van der Waals surface area contributed by atoms with Gasteiger partial charge in [-0.25, -0.2) is 4.79 Å². The molecular formula is C22H26N2O4S2. The molecule has 0 spiro atoms. The van der Waals surface area contributed by atoms with Gasteiger partial charge in [0.1, 0.15) is 10.4 Å². The second-order valence-electron chi connectivity index (χ2n) is 7.15. The molecule has 8 heteroatoms. The minimum Gasteiger partial charge on any atom is -0.480 e. The van der Waals surface area contributed by atoms with Crippen LogP contribution in [0.25, 0.3) is 6.08 Å². The number of thiocarbonyl (C=S) groups is 1. The summed E-state index contributed by atoms with van der Waals surface area (Å²) in [6.07, 6.45) is 4.38. The fraction of sp³-hybridized carbons (Fsp3) is 0.364. The Kier molecular flexibility index (Phi) is 8.80. The summed E-state index contributed by atoms with van der Waals surface area (Å²) in [5.74, 6) is -1.91. The third kappa shape index (κ3) is 6.53. The lowest BCUT2D eigenvalue weighted by Gasteiger charge is -2.21. The van der Waals surface area contributed by atoms with Gasteiger partial charge >= 0.3 is 5.97 Å². The molecule has 1 aliphatic heterocycles. The average molecular weight is 447 g/mol. The Balaban J connectivity index is 1.99. The van der Waals surface area contributed by atoms with Crippen molar-refractivity contribution in [3.05, 3.63) is 52.4 Å². The van der Waals surface area contributed by atoms with Gasteiger partial charge in [0, 0.05) is 13.0 Å². The van der Waals surface area contributed by atoms with Crippen molar-refractivity contribution >= 4 is 52.2 Å². The van der Waals surface area contributed by atoms with E-state index in [-0.39, 0.29) is 24.8 Å². The maximum Gasteiger partial charge on any atom is 0.326 e. The zero-order valence-electron chi connectivity index (χ0n) is 17.3. The van der Waals surface area contributed by atoms with Gasteiger partial charge in [0.2, 0.25) is 5.91 Å². The Morgan fingerprint density at radius 1 is 1.30 bits per heavy atom. The number of hydrogen-bond acceptors (Lipinski definition) is 5. The number of benzene rings is 1. The van der Waals surface area contributed by atoms with E-state index >= 15 is 0 Å². The molecule has 1 heterocycles. The second-order valence-corrected chi connectivity index (χ2v) is 8.83. The SMILES string of the molecule is CCC(C)C(NC(=O)CCN1C(=O)/C(=C\C(C)=C/c2ccccc2)SC1=S)C(=O)O. The van der Waals surface area contributed by atoms with Crippen LogP contribution in [-0.2, 0) is 14.4 Å². The molecule has 1 aromatic carbocycles. The number of allylic oxidation sites excluding steroid dienone is 2. The van der Waals surface area contributed by atoms with Gasteiger partial charge in [-0.3, -0.25) is 14.5 Å². The predicted molar refractivity (Wildman–Crippen MR) is 124 cm³/mol. The Morgan fingerprint density at radius 3 is 2.57 bits per heavy atom. The minimum atomic E-state index is -1.06. The van der Waals surface area contributed by atoms with E-state index in [9.17, 15) is 19.5 Å². The molecule has 1 aliphatic rings. The molecule has 0 saturated carbocycles. The highest BCUT2D eigenvalue weighted by Gasteiger charge is 2.32. The van der Waals surface area contributed by atoms with Crippen LogP contribution < -0.4 is 5.32 Å². The van der Waals surface area contributed by atoms with Gasteiger partial charge in [0.05, 0.1) is 4.91 Å². The first-order chi connectivity index (χ1) is 14.2. The van der Waals surface area contributed by atoms with Gasteiger partial charge in [-0.1, -0.05) is 80.7 Å². The smallest absolute Gasteiger partial charge is 0.326 e. The summed E-state index contributed by atoms with van der Waals surface area (Å²) in [7, 11) is 0. The molecule has 1 saturated heterocycles. The number of nitrogens with zero attached hydrogens (tertiary/aromatic N) is 1. The Hall–Kier alpha value is -2.45. The maximum absolute atomic E-state index is 12.7. The lowest BCUT2D eigenvalue weighted by Crippen LogP contribution is -2.46. The van der Waals surface area contributed by atoms with Crippen LogP contribution in [0.1, 0.15) is 39.2 Å². The molecule has 2 atom stereocenters. The molecule has 6 nitrogen and oxygen atoms in total. The van der Waals surface area contributed by atoms with E-state index in [1.54, 1.807) is 13.0 Å². The Labute approximate surface area is 186 Å². The first-order valence-corrected chi connectivity index (χ1v) is 11.0. The lowest BCUT2D eigenvalue weighted by atomic mass is 9.99. The van der Waals surface area contributed by atoms with Crippen LogP contribution in [-0.4, -0.2) is 44.7 Å². The van der Waals surface area contributed by atoms with Crippen molar-refractivity contribution in [2.24, 2.45) is 5.92 Å². The number of carboxylic acid groups (broad SMARTS) is 1. The standard InChI is InChI=1S/C22H26N2O4S2/c1-4-15(3)19(21(27)28)23-18(25)10-11-24-20(26)17(30-22(24)29)13-14(2)12-16-8-6-5-7-9-16/h5-9,12-13,15,19H,4,10-11H2,1-3H3,(H,23,25)(H,27,28)/b14-12-,17-13+. The molecule has 0 radical (unpaired) electrons. The van der Waals surface area contributed by atoms with Crippen molar-refractivity contribution in [3.8, 4) is 0 Å². The van der Waals surface area contributed by atoms with Gasteiger partial charge in [-0.15, -0.1) is 0 Å². The number of rotatable bonds is 9. The fourth-order valence-corrected chi connectivity index (χ4v) is 4.25. The number of aliphatic carboxylic acids is 1. The fourth-order valence-electron chi connectivity index (χ4n) is 2.90. The first-order valence-electron chi connectivity index (χ1n) is 9.73. The van der Waals surface area contributed by atoms with E-state index in [4.69, 9.17) is 12.2 Å². The highest BCUT2D eigenvalue weighted by Crippen LogP contribution is 2.32. The van der Waals surface area contributed by atoms with Crippen LogP contribution in [0.2, 0.25) is 0 Å². The van der Waals surface area contributed by atoms with Crippen molar-refractivity contribution < 1.29 is 19.5 Å². The van der Waals surface area contributed by atoms with Crippen LogP contribution in [0.3, 0.4) is 0 Å². The molecule has 1 aromatic rings. The molecule has 0 aromatic heterocycles. The van der Waals surface area contributed by atoms with Gasteiger partial charge in [-0.2, -0.15) is 0 Å². The van der Waals surface area contributed by atoms with Crippen LogP contribution in [0.4, 0.5) is 0 Å². The number of carbonyl (C=O) groups excluding carboxylic acids is 2. The second kappa shape index (κ2) is 11.1. The summed E-state index contributed by atoms with van der Waals surface area (Å²) in [6, 6.07) is 8.84. The zero-order chi connectivity index (χ0) is 22.3. The lowest BCUT2D eigenvalue weighted by molar-refractivity contribution is -0.143. The van der Waals surface area contributed by atoms with E-state index in [2.05, 4.69) is 5.32 Å². The Morgan fingerprint density at radius 2 is 1.97 bits per heavy atom. The minimum absolute atomic E-state index is 0.0151. The number of thioether (sulfide) groups is 1. The molecule has 30 heavy (non-hydrogen) atoms. The average Bonchev–Trinajstić information content (AvgIpc) is 2.97. The van der Waals surface area contributed by atoms with E-state index in [0.29, 0.717) is 15.6 Å². The van der Waals surface area contributed by atoms with Crippen LogP contribution in [0.15, 0.2) is 46.9 Å². The molecule has 0 bridgehead atoms. The summed E-state index contributed by atoms with van der Waals surface area (Å²) >= 11 is 6.50. The van der Waals surface area contributed by atoms with Crippen molar-refractivity contribution in [2.75, 3.05) is 6.54 Å². The third-order valence-corrected chi connectivity index (χ3v) is 6.16. The summed E-state index contributed by atoms with van der Waals surface area (Å²) in [5.41, 5.74) is 1.95. The van der Waals surface area contributed by atoms with Crippen molar-refractivity contribution in [2.45, 2.75) is 39.7 Å². The van der Waals surface area contributed by atoms with Crippen molar-refractivity contribution in [1.29, 1.82) is 0 Å². The van der Waals surface area contributed by atoms with Crippen LogP contribution >= 0.6 is 24.0 Å². The third-order valence-electron chi connectivity index (χ3n) is 4.78. The molecule has 160 valence electrons. The number of amides is 2. The van der Waals surface area contributed by atoms with E-state index in [1.807, 2.05) is 50.3 Å². The zero-order valence-corrected chi connectivity index (χ0v) is 18.9. The first kappa shape index (κ1) is 23.8. The summed E-state index contributed by atoms with van der Waals surface area (Å²) < 4.78 is 0.392. The normalized spacial score (nSPS) is 17.9. The van der Waals surface area contributed by atoms with Gasteiger partial charge in [-0.05, 0) is 30.1 Å². The monoisotopic (exact) mass is 446 g/mol. The number of hydrogen-bond donors (Lipinski definition) is 2. The predicted octanol–water partition coefficient (Wildman–Crippen LogP) is 3.84. The number of carboxylic acids is 1. The van der Waals surface area contributed by atoms with Crippen LogP contribution in [0, 0.1) is 5.92 Å². The quantitative estimate of drug-likeness (QED) is 0.443. The maximum atomic E-state index is 12.7. The van der Waals surface area contributed by atoms with Gasteiger partial charge < -0.3 is 10.4 Å². The van der Waals surface area contributed by atoms with Crippen molar-refractivity contribution in [3.63, 3.8) is 0 Å². The summed E-state index contributed by atoms with van der Waals surface area (Å²) in [5, 5.41) is 11.8. The summed E-state index contributed by atoms with van der Waals surface area (Å²) in [4.78, 5) is 38.2. The molecular weight excluding hydrogens is 420 g/mol. The molecule has 1 fully saturated rings. The largest absolute Gasteiger partial charge is 0.480 e. The Bertz CT molecular complexity index is 880. The van der Waals surface area contributed by atoms with Gasteiger partial charge in [0.15, 0.2) is 0 Å². The summed E-state index contributed by atoms with van der Waals surface area (Å²) in [6.45, 7) is 5.67. The highest BCUT2D eigenvalue weighted by atomic mass is 32.2. The van der Waals surface area contributed by atoms with Gasteiger partial charge in [0.25, 0.3) is 5.91 Å². The topological polar surface area (TPSA) is 86.7 Å². The molecule has 2 unspecified atom stereocenters.